The summed E-state index contributed by atoms with van der Waals surface area (Å²) in [6.45, 7) is 2.29. The van der Waals surface area contributed by atoms with Gasteiger partial charge in [-0.05, 0) is 31.4 Å². The number of rotatable bonds is 4. The van der Waals surface area contributed by atoms with Gasteiger partial charge in [0.1, 0.15) is 5.75 Å². The van der Waals surface area contributed by atoms with E-state index in [4.69, 9.17) is 9.84 Å². The third-order valence-electron chi connectivity index (χ3n) is 2.92. The summed E-state index contributed by atoms with van der Waals surface area (Å²) in [5, 5.41) is 10.1. The number of aromatic nitrogens is 1. The van der Waals surface area contributed by atoms with Crippen LogP contribution < -0.4 is 4.74 Å². The number of aryl methyl sites for hydroxylation is 2. The van der Waals surface area contributed by atoms with E-state index in [1.807, 2.05) is 12.1 Å². The number of benzene rings is 1. The SMILES string of the molecule is COc1cccc2c(CCCO)c(C)[nH]c12. The Hall–Kier alpha value is -1.48. The summed E-state index contributed by atoms with van der Waals surface area (Å²) in [7, 11) is 1.68. The van der Waals surface area contributed by atoms with E-state index in [0.717, 1.165) is 29.8 Å². The van der Waals surface area contributed by atoms with E-state index in [0.29, 0.717) is 0 Å². The van der Waals surface area contributed by atoms with Crippen LogP contribution in [0.4, 0.5) is 0 Å². The van der Waals surface area contributed by atoms with Gasteiger partial charge in [-0.2, -0.15) is 0 Å². The molecule has 0 spiro atoms. The summed E-state index contributed by atoms with van der Waals surface area (Å²) in [5.74, 6) is 0.871. The van der Waals surface area contributed by atoms with Crippen LogP contribution in [0, 0.1) is 6.92 Å². The minimum atomic E-state index is 0.232. The molecule has 0 aliphatic rings. The number of aromatic amines is 1. The van der Waals surface area contributed by atoms with Crippen LogP contribution in [-0.2, 0) is 6.42 Å². The van der Waals surface area contributed by atoms with Crippen LogP contribution in [0.5, 0.6) is 5.75 Å². The molecule has 86 valence electrons. The van der Waals surface area contributed by atoms with Gasteiger partial charge in [0, 0.05) is 17.7 Å². The van der Waals surface area contributed by atoms with Crippen molar-refractivity contribution in [1.29, 1.82) is 0 Å². The van der Waals surface area contributed by atoms with Crippen molar-refractivity contribution >= 4 is 10.9 Å². The normalized spacial score (nSPS) is 10.9. The Morgan fingerprint density at radius 3 is 2.88 bits per heavy atom. The zero-order valence-electron chi connectivity index (χ0n) is 9.71. The summed E-state index contributed by atoms with van der Waals surface area (Å²) in [6, 6.07) is 6.04. The van der Waals surface area contributed by atoms with Gasteiger partial charge < -0.3 is 14.8 Å². The van der Waals surface area contributed by atoms with Crippen LogP contribution in [0.15, 0.2) is 18.2 Å². The standard InChI is InChI=1S/C13H17NO2/c1-9-10(6-4-8-15)11-5-3-7-12(16-2)13(11)14-9/h3,5,7,14-15H,4,6,8H2,1-2H3. The Labute approximate surface area is 95.1 Å². The van der Waals surface area contributed by atoms with Gasteiger partial charge in [-0.1, -0.05) is 12.1 Å². The van der Waals surface area contributed by atoms with Crippen LogP contribution in [0.1, 0.15) is 17.7 Å². The summed E-state index contributed by atoms with van der Waals surface area (Å²) in [6.07, 6.45) is 1.69. The smallest absolute Gasteiger partial charge is 0.142 e. The Morgan fingerprint density at radius 2 is 2.19 bits per heavy atom. The molecule has 0 unspecified atom stereocenters. The molecule has 0 fully saturated rings. The number of nitrogens with one attached hydrogen (secondary N) is 1. The molecule has 2 aromatic rings. The van der Waals surface area contributed by atoms with Gasteiger partial charge in [0.05, 0.1) is 12.6 Å². The molecule has 1 heterocycles. The van der Waals surface area contributed by atoms with Crippen molar-refractivity contribution in [2.45, 2.75) is 19.8 Å². The number of H-pyrrole nitrogens is 1. The molecule has 0 saturated heterocycles. The van der Waals surface area contributed by atoms with Crippen LogP contribution in [0.25, 0.3) is 10.9 Å². The number of hydrogen-bond donors (Lipinski definition) is 2. The lowest BCUT2D eigenvalue weighted by Crippen LogP contribution is -1.90. The highest BCUT2D eigenvalue weighted by Gasteiger charge is 2.10. The summed E-state index contributed by atoms with van der Waals surface area (Å²) in [4.78, 5) is 3.35. The molecule has 0 amide bonds. The Morgan fingerprint density at radius 1 is 1.38 bits per heavy atom. The second-order valence-electron chi connectivity index (χ2n) is 3.94. The molecule has 1 aromatic carbocycles. The minimum Gasteiger partial charge on any atom is -0.495 e. The molecule has 0 aliphatic heterocycles. The van der Waals surface area contributed by atoms with Crippen molar-refractivity contribution in [3.8, 4) is 5.75 Å². The van der Waals surface area contributed by atoms with E-state index in [1.54, 1.807) is 7.11 Å². The molecule has 1 aromatic heterocycles. The van der Waals surface area contributed by atoms with Crippen molar-refractivity contribution in [2.75, 3.05) is 13.7 Å². The molecule has 3 heteroatoms. The highest BCUT2D eigenvalue weighted by Crippen LogP contribution is 2.29. The molecule has 2 N–H and O–H groups in total. The second kappa shape index (κ2) is 4.58. The van der Waals surface area contributed by atoms with Crippen molar-refractivity contribution in [1.82, 2.24) is 4.98 Å². The molecule has 3 nitrogen and oxygen atoms in total. The third kappa shape index (κ3) is 1.78. The lowest BCUT2D eigenvalue weighted by atomic mass is 10.1. The van der Waals surface area contributed by atoms with E-state index in [2.05, 4.69) is 18.0 Å². The number of ether oxygens (including phenoxy) is 1. The Kier molecular flexibility index (Phi) is 3.15. The fraction of sp³-hybridized carbons (Fsp3) is 0.385. The largest absolute Gasteiger partial charge is 0.495 e. The van der Waals surface area contributed by atoms with E-state index >= 15 is 0 Å². The van der Waals surface area contributed by atoms with Gasteiger partial charge >= 0.3 is 0 Å². The van der Waals surface area contributed by atoms with Gasteiger partial charge in [0.15, 0.2) is 0 Å². The quantitative estimate of drug-likeness (QED) is 0.829. The molecule has 0 bridgehead atoms. The van der Waals surface area contributed by atoms with Crippen molar-refractivity contribution in [3.05, 3.63) is 29.5 Å². The highest BCUT2D eigenvalue weighted by atomic mass is 16.5. The number of aliphatic hydroxyl groups excluding tert-OH is 1. The first-order valence-electron chi connectivity index (χ1n) is 5.53. The average molecular weight is 219 g/mol. The summed E-state index contributed by atoms with van der Waals surface area (Å²) in [5.41, 5.74) is 3.49. The lowest BCUT2D eigenvalue weighted by Gasteiger charge is -2.02. The van der Waals surface area contributed by atoms with Crippen molar-refractivity contribution < 1.29 is 9.84 Å². The number of aliphatic hydroxyl groups is 1. The monoisotopic (exact) mass is 219 g/mol. The average Bonchev–Trinajstić information content (AvgIpc) is 2.62. The van der Waals surface area contributed by atoms with Crippen LogP contribution in [0.3, 0.4) is 0 Å². The third-order valence-corrected chi connectivity index (χ3v) is 2.92. The molecular weight excluding hydrogens is 202 g/mol. The fourth-order valence-electron chi connectivity index (χ4n) is 2.12. The highest BCUT2D eigenvalue weighted by molar-refractivity contribution is 5.89. The van der Waals surface area contributed by atoms with Crippen LogP contribution in [-0.4, -0.2) is 23.8 Å². The molecule has 0 aliphatic carbocycles. The summed E-state index contributed by atoms with van der Waals surface area (Å²) >= 11 is 0. The topological polar surface area (TPSA) is 45.2 Å². The minimum absolute atomic E-state index is 0.232. The zero-order valence-corrected chi connectivity index (χ0v) is 9.71. The number of hydrogen-bond acceptors (Lipinski definition) is 2. The lowest BCUT2D eigenvalue weighted by molar-refractivity contribution is 0.288. The predicted octanol–water partition coefficient (Wildman–Crippen LogP) is 2.41. The zero-order chi connectivity index (χ0) is 11.5. The summed E-state index contributed by atoms with van der Waals surface area (Å²) < 4.78 is 5.32. The van der Waals surface area contributed by atoms with E-state index in [1.165, 1.54) is 10.9 Å². The first kappa shape index (κ1) is 11.0. The van der Waals surface area contributed by atoms with Gasteiger partial charge in [-0.3, -0.25) is 0 Å². The van der Waals surface area contributed by atoms with Gasteiger partial charge in [-0.15, -0.1) is 0 Å². The number of methoxy groups -OCH3 is 1. The van der Waals surface area contributed by atoms with E-state index < -0.39 is 0 Å². The van der Waals surface area contributed by atoms with Crippen molar-refractivity contribution in [2.24, 2.45) is 0 Å². The number of para-hydroxylation sites is 1. The van der Waals surface area contributed by atoms with Crippen LogP contribution in [0.2, 0.25) is 0 Å². The second-order valence-corrected chi connectivity index (χ2v) is 3.94. The fourth-order valence-corrected chi connectivity index (χ4v) is 2.12. The number of fused-ring (bicyclic) bond motifs is 1. The van der Waals surface area contributed by atoms with Gasteiger partial charge in [-0.25, -0.2) is 0 Å². The molecule has 0 atom stereocenters. The maximum absolute atomic E-state index is 8.89. The van der Waals surface area contributed by atoms with Gasteiger partial charge in [0.2, 0.25) is 0 Å². The first-order valence-corrected chi connectivity index (χ1v) is 5.53. The van der Waals surface area contributed by atoms with Crippen LogP contribution >= 0.6 is 0 Å². The molecule has 0 saturated carbocycles. The molecular formula is C13H17NO2. The van der Waals surface area contributed by atoms with E-state index in [9.17, 15) is 0 Å². The van der Waals surface area contributed by atoms with Crippen molar-refractivity contribution in [3.63, 3.8) is 0 Å². The van der Waals surface area contributed by atoms with E-state index in [-0.39, 0.29) is 6.61 Å². The molecule has 2 rings (SSSR count). The Balaban J connectivity index is 2.52. The molecule has 0 radical (unpaired) electrons. The predicted molar refractivity (Wildman–Crippen MR) is 65.0 cm³/mol. The first-order chi connectivity index (χ1) is 7.77. The molecule has 16 heavy (non-hydrogen) atoms. The maximum Gasteiger partial charge on any atom is 0.142 e. The maximum atomic E-state index is 8.89. The van der Waals surface area contributed by atoms with Gasteiger partial charge in [0.25, 0.3) is 0 Å². The Bertz CT molecular complexity index is 488.